The van der Waals surface area contributed by atoms with E-state index in [1.165, 1.54) is 6.42 Å². The van der Waals surface area contributed by atoms with Gasteiger partial charge in [0.15, 0.2) is 0 Å². The molecule has 26 heavy (non-hydrogen) atoms. The Bertz CT molecular complexity index is 849. The molecule has 0 unspecified atom stereocenters. The number of hydrogen-bond donors (Lipinski definition) is 1. The van der Waals surface area contributed by atoms with Crippen LogP contribution in [0.1, 0.15) is 63.2 Å². The van der Waals surface area contributed by atoms with Crippen molar-refractivity contribution in [1.82, 2.24) is 5.32 Å². The maximum atomic E-state index is 12.8. The van der Waals surface area contributed by atoms with Crippen molar-refractivity contribution in [2.45, 2.75) is 38.1 Å². The van der Waals surface area contributed by atoms with E-state index in [0.29, 0.717) is 22.4 Å². The Morgan fingerprint density at radius 2 is 1.42 bits per heavy atom. The predicted octanol–water partition coefficient (Wildman–Crippen LogP) is 3.55. The lowest BCUT2D eigenvalue weighted by molar-refractivity contribution is 0.0925. The van der Waals surface area contributed by atoms with Crippen LogP contribution < -0.4 is 10.2 Å². The largest absolute Gasteiger partial charge is 0.349 e. The Kier molecular flexibility index (Phi) is 4.29. The molecule has 1 aliphatic carbocycles. The summed E-state index contributed by atoms with van der Waals surface area (Å²) in [4.78, 5) is 39.4. The first kappa shape index (κ1) is 16.5. The highest BCUT2D eigenvalue weighted by Gasteiger charge is 2.38. The molecule has 0 aromatic heterocycles. The first-order valence-corrected chi connectivity index (χ1v) is 9.04. The minimum Gasteiger partial charge on any atom is -0.349 e. The monoisotopic (exact) mass is 348 g/mol. The SMILES string of the molecule is O=C(NC1CCCCC1)c1ccccc1N1C(=O)c2ccccc2C1=O. The molecule has 1 fully saturated rings. The smallest absolute Gasteiger partial charge is 0.266 e. The van der Waals surface area contributed by atoms with Crippen molar-refractivity contribution in [2.24, 2.45) is 0 Å². The molecular weight excluding hydrogens is 328 g/mol. The molecule has 5 nitrogen and oxygen atoms in total. The zero-order chi connectivity index (χ0) is 18.1. The summed E-state index contributed by atoms with van der Waals surface area (Å²) in [6.07, 6.45) is 5.38. The number of para-hydroxylation sites is 1. The van der Waals surface area contributed by atoms with Crippen LogP contribution in [-0.4, -0.2) is 23.8 Å². The summed E-state index contributed by atoms with van der Waals surface area (Å²) < 4.78 is 0. The number of amides is 3. The fourth-order valence-corrected chi connectivity index (χ4v) is 3.78. The van der Waals surface area contributed by atoms with Crippen molar-refractivity contribution in [3.05, 3.63) is 65.2 Å². The molecule has 4 rings (SSSR count). The topological polar surface area (TPSA) is 66.5 Å². The summed E-state index contributed by atoms with van der Waals surface area (Å²) in [5.41, 5.74) is 1.44. The molecule has 2 aromatic carbocycles. The van der Waals surface area contributed by atoms with Crippen molar-refractivity contribution >= 4 is 23.4 Å². The van der Waals surface area contributed by atoms with Crippen LogP contribution in [0.4, 0.5) is 5.69 Å². The lowest BCUT2D eigenvalue weighted by atomic mass is 9.95. The summed E-state index contributed by atoms with van der Waals surface area (Å²) in [5, 5.41) is 3.06. The van der Waals surface area contributed by atoms with E-state index < -0.39 is 0 Å². The number of carbonyl (C=O) groups excluding carboxylic acids is 3. The molecule has 0 radical (unpaired) electrons. The van der Waals surface area contributed by atoms with E-state index in [-0.39, 0.29) is 23.8 Å². The van der Waals surface area contributed by atoms with Gasteiger partial charge in [0.05, 0.1) is 22.4 Å². The molecule has 1 aliphatic heterocycles. The average Bonchev–Trinajstić information content (AvgIpc) is 2.93. The first-order chi connectivity index (χ1) is 12.7. The standard InChI is InChI=1S/C21H20N2O3/c24-19(22-14-8-2-1-3-9-14)17-12-6-7-13-18(17)23-20(25)15-10-4-5-11-16(15)21(23)26/h4-7,10-14H,1-3,8-9H2,(H,22,24). The minimum atomic E-state index is -0.386. The summed E-state index contributed by atoms with van der Waals surface area (Å²) in [7, 11) is 0. The number of benzene rings is 2. The lowest BCUT2D eigenvalue weighted by Gasteiger charge is -2.24. The van der Waals surface area contributed by atoms with Crippen molar-refractivity contribution in [3.63, 3.8) is 0 Å². The molecular formula is C21H20N2O3. The fraction of sp³-hybridized carbons (Fsp3) is 0.286. The van der Waals surface area contributed by atoms with Crippen LogP contribution in [0.15, 0.2) is 48.5 Å². The van der Waals surface area contributed by atoms with Crippen LogP contribution in [0.25, 0.3) is 0 Å². The molecule has 0 spiro atoms. The van der Waals surface area contributed by atoms with Crippen molar-refractivity contribution in [1.29, 1.82) is 0 Å². The van der Waals surface area contributed by atoms with Gasteiger partial charge in [-0.2, -0.15) is 0 Å². The third-order valence-electron chi connectivity index (χ3n) is 5.12. The third-order valence-corrected chi connectivity index (χ3v) is 5.12. The Hall–Kier alpha value is -2.95. The summed E-state index contributed by atoms with van der Waals surface area (Å²) in [6.45, 7) is 0. The maximum absolute atomic E-state index is 12.8. The summed E-state index contributed by atoms with van der Waals surface area (Å²) in [6, 6.07) is 13.7. The number of anilines is 1. The van der Waals surface area contributed by atoms with Crippen LogP contribution >= 0.6 is 0 Å². The average molecular weight is 348 g/mol. The van der Waals surface area contributed by atoms with Crippen molar-refractivity contribution in [3.8, 4) is 0 Å². The van der Waals surface area contributed by atoms with Crippen molar-refractivity contribution in [2.75, 3.05) is 4.90 Å². The van der Waals surface area contributed by atoms with E-state index in [1.54, 1.807) is 48.5 Å². The van der Waals surface area contributed by atoms with E-state index in [9.17, 15) is 14.4 Å². The summed E-state index contributed by atoms with van der Waals surface area (Å²) in [5.74, 6) is -1.00. The van der Waals surface area contributed by atoms with Gasteiger partial charge in [0.25, 0.3) is 17.7 Å². The Morgan fingerprint density at radius 1 is 0.846 bits per heavy atom. The molecule has 5 heteroatoms. The molecule has 0 atom stereocenters. The Balaban J connectivity index is 1.65. The normalized spacial score (nSPS) is 17.3. The molecule has 0 saturated heterocycles. The second kappa shape index (κ2) is 6.75. The Morgan fingerprint density at radius 3 is 2.08 bits per heavy atom. The van der Waals surface area contributed by atoms with Gasteiger partial charge in [-0.15, -0.1) is 0 Å². The molecule has 3 amide bonds. The van der Waals surface area contributed by atoms with E-state index in [1.807, 2.05) is 0 Å². The number of fused-ring (bicyclic) bond motifs is 1. The second-order valence-corrected chi connectivity index (χ2v) is 6.82. The van der Waals surface area contributed by atoms with Crippen LogP contribution in [0, 0.1) is 0 Å². The number of hydrogen-bond acceptors (Lipinski definition) is 3. The van der Waals surface area contributed by atoms with Crippen LogP contribution in [0.5, 0.6) is 0 Å². The predicted molar refractivity (Wildman–Crippen MR) is 98.4 cm³/mol. The third kappa shape index (κ3) is 2.79. The fourth-order valence-electron chi connectivity index (χ4n) is 3.78. The van der Waals surface area contributed by atoms with E-state index >= 15 is 0 Å². The van der Waals surface area contributed by atoms with Crippen LogP contribution in [0.2, 0.25) is 0 Å². The number of carbonyl (C=O) groups is 3. The first-order valence-electron chi connectivity index (χ1n) is 9.04. The van der Waals surface area contributed by atoms with E-state index in [0.717, 1.165) is 30.6 Å². The number of rotatable bonds is 3. The van der Waals surface area contributed by atoms with Gasteiger partial charge in [-0.05, 0) is 37.1 Å². The highest BCUT2D eigenvalue weighted by Crippen LogP contribution is 2.31. The van der Waals surface area contributed by atoms with Gasteiger partial charge in [0, 0.05) is 6.04 Å². The molecule has 1 N–H and O–H groups in total. The zero-order valence-electron chi connectivity index (χ0n) is 14.4. The number of imide groups is 1. The van der Waals surface area contributed by atoms with Gasteiger partial charge in [0.1, 0.15) is 0 Å². The van der Waals surface area contributed by atoms with Crippen molar-refractivity contribution < 1.29 is 14.4 Å². The molecule has 0 bridgehead atoms. The van der Waals surface area contributed by atoms with Gasteiger partial charge < -0.3 is 5.32 Å². The Labute approximate surface area is 152 Å². The van der Waals surface area contributed by atoms with Crippen LogP contribution in [0.3, 0.4) is 0 Å². The molecule has 132 valence electrons. The quantitative estimate of drug-likeness (QED) is 0.863. The van der Waals surface area contributed by atoms with E-state index in [4.69, 9.17) is 0 Å². The molecule has 2 aromatic rings. The van der Waals surface area contributed by atoms with Gasteiger partial charge in [0.2, 0.25) is 0 Å². The maximum Gasteiger partial charge on any atom is 0.266 e. The molecule has 2 aliphatic rings. The van der Waals surface area contributed by atoms with Gasteiger partial charge >= 0.3 is 0 Å². The number of nitrogens with one attached hydrogen (secondary N) is 1. The number of nitrogens with zero attached hydrogens (tertiary/aromatic N) is 1. The van der Waals surface area contributed by atoms with Gasteiger partial charge in [-0.1, -0.05) is 43.5 Å². The van der Waals surface area contributed by atoms with Gasteiger partial charge in [-0.25, -0.2) is 4.90 Å². The lowest BCUT2D eigenvalue weighted by Crippen LogP contribution is -2.38. The van der Waals surface area contributed by atoms with Gasteiger partial charge in [-0.3, -0.25) is 14.4 Å². The summed E-state index contributed by atoms with van der Waals surface area (Å²) >= 11 is 0. The molecule has 1 heterocycles. The molecule has 1 saturated carbocycles. The minimum absolute atomic E-state index is 0.159. The highest BCUT2D eigenvalue weighted by atomic mass is 16.2. The zero-order valence-corrected chi connectivity index (χ0v) is 14.4. The second-order valence-electron chi connectivity index (χ2n) is 6.82. The van der Waals surface area contributed by atoms with Crippen LogP contribution in [-0.2, 0) is 0 Å². The highest BCUT2D eigenvalue weighted by molar-refractivity contribution is 6.35. The van der Waals surface area contributed by atoms with E-state index in [2.05, 4.69) is 5.32 Å².